The van der Waals surface area contributed by atoms with Gasteiger partial charge in [-0.15, -0.1) is 11.8 Å². The molecular weight excluding hydrogens is 182 g/mol. The van der Waals surface area contributed by atoms with Crippen molar-refractivity contribution in [2.75, 3.05) is 18.9 Å². The first kappa shape index (κ1) is 8.63. The standard InChI is InChI=1S/C10H11NOS/c1-2-4-9(5-3-1)12-8-10-11-6-7-13-10/h1-5H,6-8H2. The van der Waals surface area contributed by atoms with Gasteiger partial charge >= 0.3 is 0 Å². The molecule has 0 spiro atoms. The SMILES string of the molecule is c1ccc(OCC2=NCCS2)cc1. The van der Waals surface area contributed by atoms with Crippen molar-refractivity contribution < 1.29 is 4.74 Å². The van der Waals surface area contributed by atoms with Gasteiger partial charge < -0.3 is 4.74 Å². The molecule has 0 bridgehead atoms. The quantitative estimate of drug-likeness (QED) is 0.734. The Kier molecular flexibility index (Phi) is 2.87. The number of hydrogen-bond donors (Lipinski definition) is 0. The van der Waals surface area contributed by atoms with Gasteiger partial charge in [0.2, 0.25) is 0 Å². The molecule has 0 saturated carbocycles. The first-order valence-corrected chi connectivity index (χ1v) is 5.28. The van der Waals surface area contributed by atoms with Gasteiger partial charge in [-0.3, -0.25) is 4.99 Å². The fraction of sp³-hybridized carbons (Fsp3) is 0.300. The average Bonchev–Trinajstić information content (AvgIpc) is 2.69. The molecule has 1 aromatic rings. The maximum atomic E-state index is 5.54. The van der Waals surface area contributed by atoms with Crippen LogP contribution in [-0.2, 0) is 0 Å². The molecule has 0 unspecified atom stereocenters. The van der Waals surface area contributed by atoms with Gasteiger partial charge in [0.1, 0.15) is 17.4 Å². The van der Waals surface area contributed by atoms with Gasteiger partial charge in [0.25, 0.3) is 0 Å². The Morgan fingerprint density at radius 2 is 2.15 bits per heavy atom. The largest absolute Gasteiger partial charge is 0.487 e. The molecular formula is C10H11NOS. The molecule has 2 nitrogen and oxygen atoms in total. The molecule has 68 valence electrons. The summed E-state index contributed by atoms with van der Waals surface area (Å²) in [6, 6.07) is 9.84. The highest BCUT2D eigenvalue weighted by Gasteiger charge is 2.06. The van der Waals surface area contributed by atoms with Gasteiger partial charge in [0.15, 0.2) is 0 Å². The summed E-state index contributed by atoms with van der Waals surface area (Å²) in [7, 11) is 0. The minimum absolute atomic E-state index is 0.620. The number of nitrogens with zero attached hydrogens (tertiary/aromatic N) is 1. The van der Waals surface area contributed by atoms with Gasteiger partial charge in [-0.25, -0.2) is 0 Å². The minimum Gasteiger partial charge on any atom is -0.487 e. The van der Waals surface area contributed by atoms with Crippen LogP contribution >= 0.6 is 11.8 Å². The smallest absolute Gasteiger partial charge is 0.136 e. The van der Waals surface area contributed by atoms with E-state index in [4.69, 9.17) is 4.74 Å². The third kappa shape index (κ3) is 2.49. The van der Waals surface area contributed by atoms with Crippen LogP contribution in [0.25, 0.3) is 0 Å². The van der Waals surface area contributed by atoms with E-state index in [0.29, 0.717) is 6.61 Å². The van der Waals surface area contributed by atoms with Crippen molar-refractivity contribution in [1.29, 1.82) is 0 Å². The molecule has 13 heavy (non-hydrogen) atoms. The Hall–Kier alpha value is -0.960. The van der Waals surface area contributed by atoms with Gasteiger partial charge in [0.05, 0.1) is 0 Å². The van der Waals surface area contributed by atoms with Crippen LogP contribution in [0.5, 0.6) is 5.75 Å². The van der Waals surface area contributed by atoms with Crippen LogP contribution in [-0.4, -0.2) is 23.9 Å². The normalized spacial score (nSPS) is 15.5. The summed E-state index contributed by atoms with van der Waals surface area (Å²) in [5.74, 6) is 2.02. The van der Waals surface area contributed by atoms with Crippen molar-refractivity contribution in [3.05, 3.63) is 30.3 Å². The van der Waals surface area contributed by atoms with E-state index in [-0.39, 0.29) is 0 Å². The summed E-state index contributed by atoms with van der Waals surface area (Å²) < 4.78 is 5.54. The van der Waals surface area contributed by atoms with Crippen LogP contribution in [0.1, 0.15) is 0 Å². The van der Waals surface area contributed by atoms with Crippen LogP contribution in [0.4, 0.5) is 0 Å². The second-order valence-electron chi connectivity index (χ2n) is 2.73. The molecule has 0 aliphatic carbocycles. The molecule has 0 N–H and O–H groups in total. The molecule has 0 fully saturated rings. The lowest BCUT2D eigenvalue weighted by molar-refractivity contribution is 0.379. The molecule has 0 saturated heterocycles. The summed E-state index contributed by atoms with van der Waals surface area (Å²) in [5.41, 5.74) is 0. The van der Waals surface area contributed by atoms with E-state index in [1.807, 2.05) is 30.3 Å². The second-order valence-corrected chi connectivity index (χ2v) is 3.89. The summed E-state index contributed by atoms with van der Waals surface area (Å²) in [6.07, 6.45) is 0. The van der Waals surface area contributed by atoms with Crippen LogP contribution in [0.2, 0.25) is 0 Å². The highest BCUT2D eigenvalue weighted by Crippen LogP contribution is 2.14. The van der Waals surface area contributed by atoms with Crippen LogP contribution in [0.3, 0.4) is 0 Å². The van der Waals surface area contributed by atoms with Crippen molar-refractivity contribution in [2.24, 2.45) is 4.99 Å². The summed E-state index contributed by atoms with van der Waals surface area (Å²) in [6.45, 7) is 1.56. The van der Waals surface area contributed by atoms with Crippen molar-refractivity contribution in [2.45, 2.75) is 0 Å². The van der Waals surface area contributed by atoms with Gasteiger partial charge in [0, 0.05) is 12.3 Å². The van der Waals surface area contributed by atoms with E-state index in [9.17, 15) is 0 Å². The summed E-state index contributed by atoms with van der Waals surface area (Å²) >= 11 is 1.79. The monoisotopic (exact) mass is 193 g/mol. The summed E-state index contributed by atoms with van der Waals surface area (Å²) in [5, 5.41) is 1.11. The van der Waals surface area contributed by atoms with E-state index in [1.54, 1.807) is 11.8 Å². The van der Waals surface area contributed by atoms with Gasteiger partial charge in [-0.05, 0) is 12.1 Å². The fourth-order valence-corrected chi connectivity index (χ4v) is 1.87. The van der Waals surface area contributed by atoms with Crippen molar-refractivity contribution in [3.8, 4) is 5.75 Å². The molecule has 2 rings (SSSR count). The topological polar surface area (TPSA) is 21.6 Å². The molecule has 1 aromatic carbocycles. The Bertz CT molecular complexity index is 297. The highest BCUT2D eigenvalue weighted by atomic mass is 32.2. The van der Waals surface area contributed by atoms with Crippen molar-refractivity contribution >= 4 is 16.8 Å². The highest BCUT2D eigenvalue weighted by molar-refractivity contribution is 8.14. The van der Waals surface area contributed by atoms with Crippen LogP contribution < -0.4 is 4.74 Å². The third-order valence-corrected chi connectivity index (χ3v) is 2.72. The molecule has 3 heteroatoms. The first-order chi connectivity index (χ1) is 6.45. The lowest BCUT2D eigenvalue weighted by Gasteiger charge is -2.04. The van der Waals surface area contributed by atoms with Gasteiger partial charge in [-0.1, -0.05) is 18.2 Å². The third-order valence-electron chi connectivity index (χ3n) is 1.75. The Labute approximate surface area is 82.0 Å². The van der Waals surface area contributed by atoms with Gasteiger partial charge in [-0.2, -0.15) is 0 Å². The minimum atomic E-state index is 0.620. The Morgan fingerprint density at radius 1 is 1.31 bits per heavy atom. The number of para-hydroxylation sites is 1. The predicted molar refractivity (Wildman–Crippen MR) is 56.7 cm³/mol. The van der Waals surface area contributed by atoms with E-state index in [0.717, 1.165) is 23.1 Å². The molecule has 0 radical (unpaired) electrons. The first-order valence-electron chi connectivity index (χ1n) is 4.29. The summed E-state index contributed by atoms with van der Waals surface area (Å²) in [4.78, 5) is 4.31. The number of hydrogen-bond acceptors (Lipinski definition) is 3. The molecule has 1 aliphatic heterocycles. The maximum Gasteiger partial charge on any atom is 0.136 e. The zero-order valence-electron chi connectivity index (χ0n) is 7.27. The second kappa shape index (κ2) is 4.33. The van der Waals surface area contributed by atoms with Crippen LogP contribution in [0, 0.1) is 0 Å². The number of rotatable bonds is 3. The van der Waals surface area contributed by atoms with E-state index in [2.05, 4.69) is 4.99 Å². The average molecular weight is 193 g/mol. The zero-order chi connectivity index (χ0) is 8.93. The van der Waals surface area contributed by atoms with Crippen LogP contribution in [0.15, 0.2) is 35.3 Å². The predicted octanol–water partition coefficient (Wildman–Crippen LogP) is 2.21. The lowest BCUT2D eigenvalue weighted by Crippen LogP contribution is -2.05. The maximum absolute atomic E-state index is 5.54. The van der Waals surface area contributed by atoms with Crippen molar-refractivity contribution in [1.82, 2.24) is 0 Å². The van der Waals surface area contributed by atoms with E-state index < -0.39 is 0 Å². The van der Waals surface area contributed by atoms with E-state index >= 15 is 0 Å². The molecule has 0 atom stereocenters. The number of ether oxygens (including phenoxy) is 1. The molecule has 0 amide bonds. The van der Waals surface area contributed by atoms with E-state index in [1.165, 1.54) is 0 Å². The molecule has 0 aromatic heterocycles. The zero-order valence-corrected chi connectivity index (χ0v) is 8.09. The Morgan fingerprint density at radius 3 is 2.85 bits per heavy atom. The number of thioether (sulfide) groups is 1. The van der Waals surface area contributed by atoms with Crippen molar-refractivity contribution in [3.63, 3.8) is 0 Å². The number of benzene rings is 1. The number of aliphatic imine (C=N–C) groups is 1. The molecule has 1 heterocycles. The molecule has 1 aliphatic rings. The fourth-order valence-electron chi connectivity index (χ4n) is 1.13. The lowest BCUT2D eigenvalue weighted by atomic mass is 10.3. The Balaban J connectivity index is 1.86.